The molecule has 2 saturated heterocycles. The van der Waals surface area contributed by atoms with Crippen molar-refractivity contribution < 1.29 is 9.47 Å². The molecular formula is C16H23NO2. The molecule has 104 valence electrons. The first-order valence-electron chi connectivity index (χ1n) is 7.37. The molecule has 3 rings (SSSR count). The van der Waals surface area contributed by atoms with Gasteiger partial charge < -0.3 is 14.8 Å². The SMILES string of the molecule is c1ccc(COC2CCOC3(CCNCC3)C2)cc1. The summed E-state index contributed by atoms with van der Waals surface area (Å²) in [7, 11) is 0. The van der Waals surface area contributed by atoms with Gasteiger partial charge >= 0.3 is 0 Å². The first-order chi connectivity index (χ1) is 9.36. The molecule has 3 heteroatoms. The molecule has 0 aromatic heterocycles. The fourth-order valence-electron chi connectivity index (χ4n) is 3.14. The van der Waals surface area contributed by atoms with Gasteiger partial charge in [0.25, 0.3) is 0 Å². The average molecular weight is 261 g/mol. The Labute approximate surface area is 115 Å². The normalized spacial score (nSPS) is 26.4. The summed E-state index contributed by atoms with van der Waals surface area (Å²) >= 11 is 0. The van der Waals surface area contributed by atoms with Gasteiger partial charge in [-0.05, 0) is 37.9 Å². The Morgan fingerprint density at radius 1 is 1.21 bits per heavy atom. The van der Waals surface area contributed by atoms with Crippen molar-refractivity contribution in [2.75, 3.05) is 19.7 Å². The molecular weight excluding hydrogens is 238 g/mol. The molecule has 2 aliphatic heterocycles. The summed E-state index contributed by atoms with van der Waals surface area (Å²) in [5, 5.41) is 3.41. The number of benzene rings is 1. The summed E-state index contributed by atoms with van der Waals surface area (Å²) < 4.78 is 12.2. The van der Waals surface area contributed by atoms with E-state index in [0.29, 0.717) is 6.10 Å². The summed E-state index contributed by atoms with van der Waals surface area (Å²) in [5.74, 6) is 0. The maximum absolute atomic E-state index is 6.10. The van der Waals surface area contributed by atoms with Gasteiger partial charge in [-0.3, -0.25) is 0 Å². The third-order valence-electron chi connectivity index (χ3n) is 4.29. The second kappa shape index (κ2) is 6.04. The second-order valence-corrected chi connectivity index (χ2v) is 5.69. The topological polar surface area (TPSA) is 30.5 Å². The Kier molecular flexibility index (Phi) is 4.16. The maximum atomic E-state index is 6.10. The van der Waals surface area contributed by atoms with Crippen molar-refractivity contribution in [1.29, 1.82) is 0 Å². The van der Waals surface area contributed by atoms with E-state index in [1.165, 1.54) is 5.56 Å². The maximum Gasteiger partial charge on any atom is 0.0731 e. The molecule has 0 saturated carbocycles. The van der Waals surface area contributed by atoms with Gasteiger partial charge in [-0.2, -0.15) is 0 Å². The highest BCUT2D eigenvalue weighted by Crippen LogP contribution is 2.34. The van der Waals surface area contributed by atoms with Gasteiger partial charge in [0.15, 0.2) is 0 Å². The predicted octanol–water partition coefficient (Wildman–Crippen LogP) is 2.50. The third-order valence-corrected chi connectivity index (χ3v) is 4.29. The molecule has 0 bridgehead atoms. The van der Waals surface area contributed by atoms with Crippen molar-refractivity contribution in [3.63, 3.8) is 0 Å². The van der Waals surface area contributed by atoms with Crippen LogP contribution in [0.25, 0.3) is 0 Å². The van der Waals surface area contributed by atoms with E-state index < -0.39 is 0 Å². The zero-order chi connectivity index (χ0) is 13.0. The average Bonchev–Trinajstić information content (AvgIpc) is 2.47. The van der Waals surface area contributed by atoms with Crippen LogP contribution in [0, 0.1) is 0 Å². The van der Waals surface area contributed by atoms with Crippen LogP contribution < -0.4 is 5.32 Å². The molecule has 2 heterocycles. The molecule has 3 nitrogen and oxygen atoms in total. The zero-order valence-electron chi connectivity index (χ0n) is 11.4. The second-order valence-electron chi connectivity index (χ2n) is 5.69. The van der Waals surface area contributed by atoms with Crippen LogP contribution in [0.4, 0.5) is 0 Å². The molecule has 1 spiro atoms. The lowest BCUT2D eigenvalue weighted by atomic mass is 9.84. The van der Waals surface area contributed by atoms with Crippen molar-refractivity contribution in [3.8, 4) is 0 Å². The highest BCUT2D eigenvalue weighted by atomic mass is 16.5. The predicted molar refractivity (Wildman–Crippen MR) is 75.0 cm³/mol. The minimum Gasteiger partial charge on any atom is -0.375 e. The first-order valence-corrected chi connectivity index (χ1v) is 7.37. The molecule has 0 amide bonds. The van der Waals surface area contributed by atoms with Crippen LogP contribution in [-0.2, 0) is 16.1 Å². The lowest BCUT2D eigenvalue weighted by Crippen LogP contribution is -2.49. The van der Waals surface area contributed by atoms with E-state index in [9.17, 15) is 0 Å². The number of rotatable bonds is 3. The molecule has 1 aromatic carbocycles. The van der Waals surface area contributed by atoms with Crippen molar-refractivity contribution in [2.24, 2.45) is 0 Å². The van der Waals surface area contributed by atoms with Crippen molar-refractivity contribution in [2.45, 2.75) is 44.0 Å². The van der Waals surface area contributed by atoms with Crippen LogP contribution in [0.2, 0.25) is 0 Å². The number of ether oxygens (including phenoxy) is 2. The molecule has 1 aromatic rings. The Bertz CT molecular complexity index is 381. The molecule has 2 fully saturated rings. The largest absolute Gasteiger partial charge is 0.375 e. The van der Waals surface area contributed by atoms with Crippen LogP contribution in [0.3, 0.4) is 0 Å². The van der Waals surface area contributed by atoms with E-state index in [1.807, 2.05) is 6.07 Å². The lowest BCUT2D eigenvalue weighted by molar-refractivity contribution is -0.148. The van der Waals surface area contributed by atoms with Gasteiger partial charge in [0.2, 0.25) is 0 Å². The first kappa shape index (κ1) is 13.1. The monoisotopic (exact) mass is 261 g/mol. The summed E-state index contributed by atoms with van der Waals surface area (Å²) in [6.45, 7) is 3.72. The fraction of sp³-hybridized carbons (Fsp3) is 0.625. The lowest BCUT2D eigenvalue weighted by Gasteiger charge is -2.43. The van der Waals surface area contributed by atoms with Crippen LogP contribution >= 0.6 is 0 Å². The number of piperidine rings is 1. The van der Waals surface area contributed by atoms with E-state index in [0.717, 1.165) is 52.0 Å². The summed E-state index contributed by atoms with van der Waals surface area (Å²) in [6, 6.07) is 10.4. The van der Waals surface area contributed by atoms with Crippen molar-refractivity contribution in [1.82, 2.24) is 5.32 Å². The quantitative estimate of drug-likeness (QED) is 0.907. The van der Waals surface area contributed by atoms with Crippen LogP contribution in [0.5, 0.6) is 0 Å². The minimum atomic E-state index is 0.0881. The van der Waals surface area contributed by atoms with Gasteiger partial charge in [-0.1, -0.05) is 30.3 Å². The number of nitrogens with one attached hydrogen (secondary N) is 1. The van der Waals surface area contributed by atoms with Crippen molar-refractivity contribution >= 4 is 0 Å². The summed E-state index contributed by atoms with van der Waals surface area (Å²) in [5.41, 5.74) is 1.35. The summed E-state index contributed by atoms with van der Waals surface area (Å²) in [4.78, 5) is 0. The van der Waals surface area contributed by atoms with E-state index in [1.54, 1.807) is 0 Å². The van der Waals surface area contributed by atoms with Crippen LogP contribution in [0.15, 0.2) is 30.3 Å². The van der Waals surface area contributed by atoms with E-state index in [2.05, 4.69) is 29.6 Å². The highest BCUT2D eigenvalue weighted by molar-refractivity contribution is 5.13. The van der Waals surface area contributed by atoms with Gasteiger partial charge in [-0.15, -0.1) is 0 Å². The Hall–Kier alpha value is -0.900. The fourth-order valence-corrected chi connectivity index (χ4v) is 3.14. The van der Waals surface area contributed by atoms with E-state index >= 15 is 0 Å². The highest BCUT2D eigenvalue weighted by Gasteiger charge is 2.38. The number of hydrogen-bond donors (Lipinski definition) is 1. The molecule has 1 atom stereocenters. The smallest absolute Gasteiger partial charge is 0.0731 e. The third kappa shape index (κ3) is 3.35. The van der Waals surface area contributed by atoms with Gasteiger partial charge in [0.05, 0.1) is 18.3 Å². The van der Waals surface area contributed by atoms with Gasteiger partial charge in [0.1, 0.15) is 0 Å². The van der Waals surface area contributed by atoms with Gasteiger partial charge in [0, 0.05) is 13.0 Å². The molecule has 1 N–H and O–H groups in total. The molecule has 2 aliphatic rings. The van der Waals surface area contributed by atoms with E-state index in [-0.39, 0.29) is 5.60 Å². The Morgan fingerprint density at radius 3 is 2.79 bits per heavy atom. The van der Waals surface area contributed by atoms with Crippen molar-refractivity contribution in [3.05, 3.63) is 35.9 Å². The molecule has 0 radical (unpaired) electrons. The van der Waals surface area contributed by atoms with Gasteiger partial charge in [-0.25, -0.2) is 0 Å². The Balaban J connectivity index is 1.53. The zero-order valence-corrected chi connectivity index (χ0v) is 11.4. The standard InChI is InChI=1S/C16H23NO2/c1-2-4-14(5-3-1)13-18-15-6-11-19-16(12-15)7-9-17-10-8-16/h1-5,15,17H,6-13H2. The molecule has 1 unspecified atom stereocenters. The number of hydrogen-bond acceptors (Lipinski definition) is 3. The van der Waals surface area contributed by atoms with Crippen LogP contribution in [-0.4, -0.2) is 31.4 Å². The molecule has 0 aliphatic carbocycles. The minimum absolute atomic E-state index is 0.0881. The van der Waals surface area contributed by atoms with E-state index in [4.69, 9.17) is 9.47 Å². The van der Waals surface area contributed by atoms with Crippen LogP contribution in [0.1, 0.15) is 31.2 Å². The summed E-state index contributed by atoms with van der Waals surface area (Å²) in [6.07, 6.45) is 4.69. The molecule has 19 heavy (non-hydrogen) atoms. The Morgan fingerprint density at radius 2 is 2.00 bits per heavy atom.